The molecule has 0 fully saturated rings. The third-order valence-corrected chi connectivity index (χ3v) is 8.66. The smallest absolute Gasteiger partial charge is 0.278 e. The van der Waals surface area contributed by atoms with Gasteiger partial charge in [-0.05, 0) is 97.5 Å². The molecule has 0 N–H and O–H groups in total. The van der Waals surface area contributed by atoms with Gasteiger partial charge in [0.05, 0.1) is 43.4 Å². The molecule has 2 heterocycles. The molecule has 0 atom stereocenters. The van der Waals surface area contributed by atoms with Gasteiger partial charge in [0.2, 0.25) is 0 Å². The first-order valence-electron chi connectivity index (χ1n) is 16.0. The Morgan fingerprint density at radius 1 is 0.562 bits per heavy atom. The van der Waals surface area contributed by atoms with Crippen LogP contribution < -0.4 is 0 Å². The molecule has 0 radical (unpaired) electrons. The van der Waals surface area contributed by atoms with Gasteiger partial charge in [-0.25, -0.2) is 8.78 Å². The van der Waals surface area contributed by atoms with Gasteiger partial charge in [-0.15, -0.1) is 0 Å². The van der Waals surface area contributed by atoms with Crippen LogP contribution in [0.15, 0.2) is 97.1 Å². The minimum Gasteiger partial charge on any atom is -0.307 e. The van der Waals surface area contributed by atoms with Gasteiger partial charge in [0.1, 0.15) is 11.6 Å². The van der Waals surface area contributed by atoms with Crippen LogP contribution in [0.2, 0.25) is 0 Å². The lowest BCUT2D eigenvalue weighted by molar-refractivity contribution is -0.384. The Labute approximate surface area is 276 Å². The van der Waals surface area contributed by atoms with Crippen LogP contribution in [0.3, 0.4) is 0 Å². The number of aromatic nitrogens is 2. The molecule has 8 nitrogen and oxygen atoms in total. The van der Waals surface area contributed by atoms with Crippen LogP contribution in [0.5, 0.6) is 0 Å². The largest absolute Gasteiger partial charge is 0.307 e. The highest BCUT2D eigenvalue weighted by Gasteiger charge is 2.28. The number of aryl methyl sites for hydroxylation is 2. The zero-order valence-corrected chi connectivity index (χ0v) is 26.7. The fraction of sp³-hybridized carbons (Fsp3) is 0.211. The Bertz CT molecular complexity index is 1980. The Morgan fingerprint density at radius 3 is 1.27 bits per heavy atom. The van der Waals surface area contributed by atoms with E-state index in [1.165, 1.54) is 0 Å². The van der Waals surface area contributed by atoms with Gasteiger partial charge in [-0.3, -0.25) is 20.2 Å². The van der Waals surface area contributed by atoms with Crippen molar-refractivity contribution in [1.82, 2.24) is 9.13 Å². The molecule has 0 bridgehead atoms. The maximum Gasteiger partial charge on any atom is 0.278 e. The van der Waals surface area contributed by atoms with Crippen molar-refractivity contribution in [3.8, 4) is 33.9 Å². The van der Waals surface area contributed by atoms with Gasteiger partial charge in [0, 0.05) is 23.5 Å². The van der Waals surface area contributed by atoms with Gasteiger partial charge in [-0.1, -0.05) is 51.0 Å². The number of halogens is 2. The fourth-order valence-electron chi connectivity index (χ4n) is 6.24. The molecule has 0 unspecified atom stereocenters. The van der Waals surface area contributed by atoms with Crippen LogP contribution in [-0.4, -0.2) is 19.0 Å². The van der Waals surface area contributed by atoms with Crippen LogP contribution in [0, 0.1) is 31.9 Å². The minimum atomic E-state index is -0.635. The molecule has 0 aliphatic carbocycles. The van der Waals surface area contributed by atoms with Gasteiger partial charge >= 0.3 is 0 Å². The summed E-state index contributed by atoms with van der Waals surface area (Å²) in [5, 5.41) is 24.4. The summed E-state index contributed by atoms with van der Waals surface area (Å²) in [6, 6.07) is 25.7. The Morgan fingerprint density at radius 2 is 0.938 bits per heavy atom. The van der Waals surface area contributed by atoms with Crippen molar-refractivity contribution >= 4 is 22.4 Å². The third-order valence-electron chi connectivity index (χ3n) is 8.66. The predicted molar refractivity (Wildman–Crippen MR) is 184 cm³/mol. The maximum absolute atomic E-state index is 14.8. The Balaban J connectivity index is 1.69. The lowest BCUT2D eigenvalue weighted by atomic mass is 10.1. The Kier molecular flexibility index (Phi) is 9.16. The molecule has 0 saturated heterocycles. The summed E-state index contributed by atoms with van der Waals surface area (Å²) in [4.78, 5) is 23.3. The van der Waals surface area contributed by atoms with E-state index in [0.29, 0.717) is 33.8 Å². The first-order valence-corrected chi connectivity index (χ1v) is 16.0. The van der Waals surface area contributed by atoms with Gasteiger partial charge in [-0.2, -0.15) is 0 Å². The van der Waals surface area contributed by atoms with Crippen molar-refractivity contribution < 1.29 is 18.6 Å². The van der Waals surface area contributed by atoms with Crippen LogP contribution in [0.4, 0.5) is 20.2 Å². The molecule has 6 aromatic rings. The van der Waals surface area contributed by atoms with E-state index >= 15 is 0 Å². The molecular formula is C38H34F2N4O4. The van der Waals surface area contributed by atoms with Crippen molar-refractivity contribution in [2.75, 3.05) is 0 Å². The normalized spacial score (nSPS) is 11.3. The maximum atomic E-state index is 14.8. The summed E-state index contributed by atoms with van der Waals surface area (Å²) in [7, 11) is 0. The number of hydrogen-bond acceptors (Lipinski definition) is 4. The van der Waals surface area contributed by atoms with Crippen molar-refractivity contribution in [3.63, 3.8) is 0 Å². The molecule has 6 rings (SSSR count). The zero-order chi connectivity index (χ0) is 33.9. The highest BCUT2D eigenvalue weighted by atomic mass is 19.1. The van der Waals surface area contributed by atoms with E-state index < -0.39 is 21.5 Å². The van der Waals surface area contributed by atoms with Crippen molar-refractivity contribution in [2.24, 2.45) is 0 Å². The number of nitrogens with zero attached hydrogens (tertiary/aromatic N) is 4. The molecule has 48 heavy (non-hydrogen) atoms. The molecule has 0 aliphatic rings. The number of nitro groups is 2. The molecule has 0 aliphatic heterocycles. The first kappa shape index (κ1) is 32.3. The van der Waals surface area contributed by atoms with Crippen molar-refractivity contribution in [3.05, 3.63) is 140 Å². The summed E-state index contributed by atoms with van der Waals surface area (Å²) in [6.45, 7) is 4.24. The predicted octanol–water partition coefficient (Wildman–Crippen LogP) is 10.5. The quantitative estimate of drug-likeness (QED) is 0.0974. The summed E-state index contributed by atoms with van der Waals surface area (Å²) in [5.41, 5.74) is 4.99. The van der Waals surface area contributed by atoms with E-state index in [1.54, 1.807) is 21.3 Å². The SMILES string of the molecule is CCCCc1ccc(-n2c(-c3cc(F)ccc3[N+](=O)[O-])cc3c2cc(-c2cc(F)ccc2[N+](=O)[O-])n3-c2ccc(CCCC)cc2)cc1. The van der Waals surface area contributed by atoms with Gasteiger partial charge in [0.15, 0.2) is 0 Å². The summed E-state index contributed by atoms with van der Waals surface area (Å²) >= 11 is 0. The number of nitro benzene ring substituents is 2. The Hall–Kier alpha value is -5.64. The van der Waals surface area contributed by atoms with Gasteiger partial charge in [0.25, 0.3) is 11.4 Å². The number of benzene rings is 4. The lowest BCUT2D eigenvalue weighted by Crippen LogP contribution is -2.01. The number of hydrogen-bond donors (Lipinski definition) is 0. The second-order valence-corrected chi connectivity index (χ2v) is 11.9. The molecule has 0 saturated carbocycles. The monoisotopic (exact) mass is 648 g/mol. The van der Waals surface area contributed by atoms with Crippen LogP contribution in [0.25, 0.3) is 44.9 Å². The molecule has 244 valence electrons. The second-order valence-electron chi connectivity index (χ2n) is 11.9. The van der Waals surface area contributed by atoms with E-state index in [4.69, 9.17) is 0 Å². The minimum absolute atomic E-state index is 0.0750. The molecular weight excluding hydrogens is 614 g/mol. The standard InChI is InChI=1S/C38H34F2N4O4/c1-3-5-7-25-9-15-29(16-10-25)41-35(31-21-27(39)13-19-33(31)43(45)46)23-38-37(41)24-36(32-22-28(40)14-20-34(32)44(47)48)42(38)30-17-11-26(12-18-30)8-6-4-2/h9-24H,3-8H2,1-2H3. The molecule has 2 aromatic heterocycles. The van der Waals surface area contributed by atoms with E-state index in [-0.39, 0.29) is 22.5 Å². The number of rotatable bonds is 12. The van der Waals surface area contributed by atoms with Crippen LogP contribution >= 0.6 is 0 Å². The van der Waals surface area contributed by atoms with E-state index in [0.717, 1.165) is 86.1 Å². The average molecular weight is 649 g/mol. The summed E-state index contributed by atoms with van der Waals surface area (Å²) in [5.74, 6) is -1.27. The molecule has 4 aromatic carbocycles. The van der Waals surface area contributed by atoms with Crippen molar-refractivity contribution in [1.29, 1.82) is 0 Å². The van der Waals surface area contributed by atoms with E-state index in [2.05, 4.69) is 13.8 Å². The second kappa shape index (κ2) is 13.6. The highest BCUT2D eigenvalue weighted by molar-refractivity contribution is 5.95. The van der Waals surface area contributed by atoms with Crippen LogP contribution in [0.1, 0.15) is 50.7 Å². The first-order chi connectivity index (χ1) is 23.2. The van der Waals surface area contributed by atoms with E-state index in [1.807, 2.05) is 48.5 Å². The molecule has 10 heteroatoms. The fourth-order valence-corrected chi connectivity index (χ4v) is 6.24. The summed E-state index contributed by atoms with van der Waals surface area (Å²) < 4.78 is 33.1. The highest BCUT2D eigenvalue weighted by Crippen LogP contribution is 2.43. The number of unbranched alkanes of at least 4 members (excludes halogenated alkanes) is 2. The van der Waals surface area contributed by atoms with Gasteiger partial charge < -0.3 is 9.13 Å². The zero-order valence-electron chi connectivity index (χ0n) is 26.7. The average Bonchev–Trinajstić information content (AvgIpc) is 3.63. The van der Waals surface area contributed by atoms with Crippen LogP contribution in [-0.2, 0) is 12.8 Å². The number of fused-ring (bicyclic) bond motifs is 1. The van der Waals surface area contributed by atoms with E-state index in [9.17, 15) is 29.0 Å². The topological polar surface area (TPSA) is 96.1 Å². The lowest BCUT2D eigenvalue weighted by Gasteiger charge is -2.13. The third kappa shape index (κ3) is 6.21. The molecule has 0 amide bonds. The summed E-state index contributed by atoms with van der Waals surface area (Å²) in [6.07, 6.45) is 5.88. The molecule has 0 spiro atoms. The van der Waals surface area contributed by atoms with Crippen molar-refractivity contribution in [2.45, 2.75) is 52.4 Å².